The van der Waals surface area contributed by atoms with Crippen LogP contribution >= 0.6 is 0 Å². The molecule has 0 saturated carbocycles. The van der Waals surface area contributed by atoms with E-state index in [0.717, 1.165) is 42.9 Å². The number of rotatable bonds is 6. The molecule has 5 nitrogen and oxygen atoms in total. The van der Waals surface area contributed by atoms with Crippen molar-refractivity contribution in [1.29, 1.82) is 0 Å². The van der Waals surface area contributed by atoms with E-state index < -0.39 is 0 Å². The van der Waals surface area contributed by atoms with Gasteiger partial charge in [0.25, 0.3) is 0 Å². The number of hydrogen-bond acceptors (Lipinski definition) is 5. The third kappa shape index (κ3) is 4.07. The maximum absolute atomic E-state index is 5.86. The number of benzene rings is 1. The monoisotopic (exact) mass is 366 g/mol. The van der Waals surface area contributed by atoms with E-state index in [2.05, 4.69) is 21.1 Å². The Hall–Kier alpha value is -2.56. The van der Waals surface area contributed by atoms with Gasteiger partial charge in [0.1, 0.15) is 11.4 Å². The quantitative estimate of drug-likeness (QED) is 0.434. The molecule has 0 atom stereocenters. The Bertz CT molecular complexity index is 790. The summed E-state index contributed by atoms with van der Waals surface area (Å²) in [6, 6.07) is 2.26. The van der Waals surface area contributed by atoms with Gasteiger partial charge in [-0.3, -0.25) is 10.0 Å². The Balaban J connectivity index is 1.97. The van der Waals surface area contributed by atoms with Crippen LogP contribution in [-0.2, 0) is 12.8 Å². The highest BCUT2D eigenvalue weighted by Crippen LogP contribution is 2.45. The van der Waals surface area contributed by atoms with Crippen LogP contribution in [0.1, 0.15) is 30.9 Å². The summed E-state index contributed by atoms with van der Waals surface area (Å²) in [4.78, 5) is 6.55. The van der Waals surface area contributed by atoms with Crippen LogP contribution in [0.3, 0.4) is 0 Å². The van der Waals surface area contributed by atoms with Gasteiger partial charge < -0.3 is 9.64 Å². The first-order chi connectivity index (χ1) is 13.2. The van der Waals surface area contributed by atoms with Gasteiger partial charge in [-0.15, -0.1) is 0 Å². The lowest BCUT2D eigenvalue weighted by atomic mass is 9.90. The van der Waals surface area contributed by atoms with Crippen LogP contribution in [0.4, 0.5) is 11.4 Å². The number of anilines is 2. The highest BCUT2D eigenvalue weighted by molar-refractivity contribution is 5.90. The zero-order valence-corrected chi connectivity index (χ0v) is 16.9. The summed E-state index contributed by atoms with van der Waals surface area (Å²) >= 11 is 0. The Morgan fingerprint density at radius 1 is 1.26 bits per heavy atom. The Morgan fingerprint density at radius 3 is 2.74 bits per heavy atom. The van der Waals surface area contributed by atoms with E-state index >= 15 is 0 Å². The lowest BCUT2D eigenvalue weighted by Gasteiger charge is -2.38. The summed E-state index contributed by atoms with van der Waals surface area (Å²) in [5.41, 5.74) is 6.23. The topological polar surface area (TPSA) is 40.4 Å². The van der Waals surface area contributed by atoms with Crippen molar-refractivity contribution in [3.05, 3.63) is 41.0 Å². The van der Waals surface area contributed by atoms with Crippen LogP contribution in [0, 0.1) is 0 Å². The number of aryl methyl sites for hydroxylation is 1. The van der Waals surface area contributed by atoms with Crippen molar-refractivity contribution in [3.63, 3.8) is 0 Å². The summed E-state index contributed by atoms with van der Waals surface area (Å²) < 4.78 is 5.86. The van der Waals surface area contributed by atoms with E-state index in [1.807, 2.05) is 43.4 Å². The zero-order chi connectivity index (χ0) is 19.2. The molecule has 0 amide bonds. The van der Waals surface area contributed by atoms with Gasteiger partial charge in [-0.1, -0.05) is 12.2 Å². The number of aliphatic imine (C=N–C) groups is 1. The fourth-order valence-corrected chi connectivity index (χ4v) is 3.99. The first-order valence-corrected chi connectivity index (χ1v) is 9.70. The molecule has 144 valence electrons. The Labute approximate surface area is 162 Å². The zero-order valence-electron chi connectivity index (χ0n) is 16.9. The van der Waals surface area contributed by atoms with Gasteiger partial charge in [0.05, 0.1) is 13.3 Å². The minimum absolute atomic E-state index is 0.965. The molecule has 0 radical (unpaired) electrons. The molecule has 0 fully saturated rings. The van der Waals surface area contributed by atoms with Crippen molar-refractivity contribution in [3.8, 4) is 5.75 Å². The van der Waals surface area contributed by atoms with Gasteiger partial charge >= 0.3 is 0 Å². The van der Waals surface area contributed by atoms with Crippen molar-refractivity contribution in [2.75, 3.05) is 44.2 Å². The van der Waals surface area contributed by atoms with Crippen LogP contribution in [0.5, 0.6) is 5.75 Å². The second-order valence-corrected chi connectivity index (χ2v) is 6.95. The lowest BCUT2D eigenvalue weighted by Crippen LogP contribution is -2.35. The van der Waals surface area contributed by atoms with E-state index in [1.165, 1.54) is 29.7 Å². The number of ether oxygens (including phenoxy) is 1. The molecule has 0 spiro atoms. The maximum atomic E-state index is 5.86. The molecule has 0 bridgehead atoms. The van der Waals surface area contributed by atoms with E-state index in [4.69, 9.17) is 4.74 Å². The molecule has 0 aliphatic carbocycles. The standard InChI is InChI=1S/C22H30N4O/c1-5-8-17(11-12-23-2)16-24-25(3)20-15-18-9-6-13-26-14-7-10-19(21(18)26)22(20)27-4/h5,8,11-12,15-16H,6-7,9-10,13-14H2,1-4H3/b8-5-,17-11+,23-12?,24-16+. The predicted octanol–water partition coefficient (Wildman–Crippen LogP) is 4.02. The van der Waals surface area contributed by atoms with Crippen LogP contribution in [0.25, 0.3) is 0 Å². The van der Waals surface area contributed by atoms with E-state index in [1.54, 1.807) is 20.4 Å². The van der Waals surface area contributed by atoms with Crippen molar-refractivity contribution < 1.29 is 4.74 Å². The SMILES string of the molecule is C\C=C/C(/C=N/N(C)c1cc2c3c(c1OC)CCCN3CCC2)=C\C=NC. The van der Waals surface area contributed by atoms with Crippen molar-refractivity contribution in [2.24, 2.45) is 10.1 Å². The number of hydrazone groups is 1. The molecule has 0 unspecified atom stereocenters. The van der Waals surface area contributed by atoms with Crippen LogP contribution < -0.4 is 14.6 Å². The van der Waals surface area contributed by atoms with Crippen molar-refractivity contribution >= 4 is 23.8 Å². The number of methoxy groups -OCH3 is 1. The number of hydrogen-bond donors (Lipinski definition) is 0. The third-order valence-corrected chi connectivity index (χ3v) is 5.16. The van der Waals surface area contributed by atoms with Crippen LogP contribution in [-0.4, -0.2) is 46.7 Å². The Morgan fingerprint density at radius 2 is 2.04 bits per heavy atom. The van der Waals surface area contributed by atoms with Gasteiger partial charge in [-0.25, -0.2) is 0 Å². The molecule has 0 aromatic heterocycles. The molecule has 3 rings (SSSR count). The van der Waals surface area contributed by atoms with Crippen LogP contribution in [0.2, 0.25) is 0 Å². The first-order valence-electron chi connectivity index (χ1n) is 9.70. The summed E-state index contributed by atoms with van der Waals surface area (Å²) in [6.07, 6.45) is 14.2. The second kappa shape index (κ2) is 8.89. The smallest absolute Gasteiger partial charge is 0.149 e. The molecule has 27 heavy (non-hydrogen) atoms. The largest absolute Gasteiger partial charge is 0.494 e. The number of allylic oxidation sites excluding steroid dienone is 4. The average Bonchev–Trinajstić information content (AvgIpc) is 2.70. The highest BCUT2D eigenvalue weighted by Gasteiger charge is 2.29. The number of nitrogens with zero attached hydrogens (tertiary/aromatic N) is 4. The molecule has 1 aromatic rings. The summed E-state index contributed by atoms with van der Waals surface area (Å²) in [6.45, 7) is 4.32. The normalized spacial score (nSPS) is 17.2. The van der Waals surface area contributed by atoms with Gasteiger partial charge in [-0.2, -0.15) is 5.10 Å². The van der Waals surface area contributed by atoms with E-state index in [0.29, 0.717) is 0 Å². The molecular weight excluding hydrogens is 336 g/mol. The fraction of sp³-hybridized carbons (Fsp3) is 0.455. The molecule has 2 aliphatic heterocycles. The Kier molecular flexibility index (Phi) is 6.32. The first kappa shape index (κ1) is 19.2. The molecule has 2 aliphatic rings. The van der Waals surface area contributed by atoms with Gasteiger partial charge in [-0.05, 0) is 55.9 Å². The van der Waals surface area contributed by atoms with E-state index in [9.17, 15) is 0 Å². The molecule has 2 heterocycles. The second-order valence-electron chi connectivity index (χ2n) is 6.95. The minimum Gasteiger partial charge on any atom is -0.494 e. The molecule has 5 heteroatoms. The average molecular weight is 367 g/mol. The highest BCUT2D eigenvalue weighted by atomic mass is 16.5. The summed E-state index contributed by atoms with van der Waals surface area (Å²) in [5.74, 6) is 0.965. The molecule has 0 N–H and O–H groups in total. The van der Waals surface area contributed by atoms with Crippen LogP contribution in [0.15, 0.2) is 40.0 Å². The molecule has 0 saturated heterocycles. The van der Waals surface area contributed by atoms with E-state index in [-0.39, 0.29) is 0 Å². The summed E-state index contributed by atoms with van der Waals surface area (Å²) in [7, 11) is 5.52. The minimum atomic E-state index is 0.965. The van der Waals surface area contributed by atoms with Gasteiger partial charge in [0.2, 0.25) is 0 Å². The van der Waals surface area contributed by atoms with Gasteiger partial charge in [0, 0.05) is 44.7 Å². The molecule has 1 aromatic carbocycles. The van der Waals surface area contributed by atoms with Crippen molar-refractivity contribution in [1.82, 2.24) is 0 Å². The maximum Gasteiger partial charge on any atom is 0.149 e. The fourth-order valence-electron chi connectivity index (χ4n) is 3.99. The predicted molar refractivity (Wildman–Crippen MR) is 116 cm³/mol. The third-order valence-electron chi connectivity index (χ3n) is 5.16. The van der Waals surface area contributed by atoms with Gasteiger partial charge in [0.15, 0.2) is 0 Å². The van der Waals surface area contributed by atoms with Crippen molar-refractivity contribution in [2.45, 2.75) is 32.6 Å². The molecular formula is C22H30N4O. The lowest BCUT2D eigenvalue weighted by molar-refractivity contribution is 0.407. The summed E-state index contributed by atoms with van der Waals surface area (Å²) in [5, 5.41) is 6.59.